The van der Waals surface area contributed by atoms with Gasteiger partial charge < -0.3 is 15.4 Å². The molecule has 3 rings (SSSR count). The van der Waals surface area contributed by atoms with Crippen LogP contribution in [0.2, 0.25) is 0 Å². The monoisotopic (exact) mass is 398 g/mol. The average Bonchev–Trinajstić information content (AvgIpc) is 2.91. The van der Waals surface area contributed by atoms with E-state index in [0.717, 1.165) is 28.3 Å². The molecule has 2 N–H and O–H groups in total. The third kappa shape index (κ3) is 4.31. The molecule has 0 atom stereocenters. The fourth-order valence-corrected chi connectivity index (χ4v) is 3.22. The molecule has 1 heterocycles. The first-order chi connectivity index (χ1) is 13.4. The number of aromatic nitrogens is 2. The molecular weight excluding hydrogens is 375 g/mol. The van der Waals surface area contributed by atoms with Crippen LogP contribution >= 0.6 is 12.2 Å². The summed E-state index contributed by atoms with van der Waals surface area (Å²) in [6.45, 7) is 6.18. The van der Waals surface area contributed by atoms with Crippen molar-refractivity contribution in [3.63, 3.8) is 0 Å². The standard InChI is InChI=1S/C21H23FN4OS/c1-13-9-10-19(27-4)18(11-13)23-21(28)24-20-14(2)25-26(15(20)3)12-16-7-5-6-8-17(16)22/h5-11H,12H2,1-4H3,(H2,23,24,28). The molecular formula is C21H23FN4OS. The lowest BCUT2D eigenvalue weighted by molar-refractivity contribution is 0.417. The van der Waals surface area contributed by atoms with Gasteiger partial charge in [0.15, 0.2) is 5.11 Å². The van der Waals surface area contributed by atoms with Gasteiger partial charge in [0.2, 0.25) is 0 Å². The lowest BCUT2D eigenvalue weighted by atomic mass is 10.2. The summed E-state index contributed by atoms with van der Waals surface area (Å²) in [6.07, 6.45) is 0. The summed E-state index contributed by atoms with van der Waals surface area (Å²) < 4.78 is 21.1. The fourth-order valence-electron chi connectivity index (χ4n) is 3.01. The number of thiocarbonyl (C=S) groups is 1. The van der Waals surface area contributed by atoms with E-state index in [1.54, 1.807) is 23.9 Å². The van der Waals surface area contributed by atoms with Gasteiger partial charge in [-0.2, -0.15) is 5.10 Å². The van der Waals surface area contributed by atoms with Crippen LogP contribution in [0.25, 0.3) is 0 Å². The van der Waals surface area contributed by atoms with Gasteiger partial charge in [-0.15, -0.1) is 0 Å². The molecule has 5 nitrogen and oxygen atoms in total. The number of nitrogens with zero attached hydrogens (tertiary/aromatic N) is 2. The Morgan fingerprint density at radius 3 is 2.61 bits per heavy atom. The zero-order valence-corrected chi connectivity index (χ0v) is 17.2. The molecule has 7 heteroatoms. The van der Waals surface area contributed by atoms with Gasteiger partial charge >= 0.3 is 0 Å². The maximum absolute atomic E-state index is 14.0. The topological polar surface area (TPSA) is 51.1 Å². The second-order valence-corrected chi connectivity index (χ2v) is 6.99. The maximum Gasteiger partial charge on any atom is 0.175 e. The Bertz CT molecular complexity index is 1020. The molecule has 1 aromatic heterocycles. The maximum atomic E-state index is 14.0. The Balaban J connectivity index is 1.78. The predicted octanol–water partition coefficient (Wildman–Crippen LogP) is 4.81. The molecule has 0 aliphatic carbocycles. The van der Waals surface area contributed by atoms with E-state index >= 15 is 0 Å². The quantitative estimate of drug-likeness (QED) is 0.604. The number of hydrogen-bond acceptors (Lipinski definition) is 3. The molecule has 0 saturated carbocycles. The van der Waals surface area contributed by atoms with Crippen molar-refractivity contribution in [2.75, 3.05) is 17.7 Å². The van der Waals surface area contributed by atoms with Gasteiger partial charge in [0, 0.05) is 5.56 Å². The Morgan fingerprint density at radius 2 is 1.89 bits per heavy atom. The molecule has 0 spiro atoms. The van der Waals surface area contributed by atoms with Crippen molar-refractivity contribution in [3.8, 4) is 5.75 Å². The lowest BCUT2D eigenvalue weighted by Crippen LogP contribution is -2.20. The minimum Gasteiger partial charge on any atom is -0.495 e. The molecule has 2 aromatic carbocycles. The SMILES string of the molecule is COc1ccc(C)cc1NC(=S)Nc1c(C)nn(Cc2ccccc2F)c1C. The minimum atomic E-state index is -0.242. The van der Waals surface area contributed by atoms with Crippen LogP contribution in [0.1, 0.15) is 22.5 Å². The second-order valence-electron chi connectivity index (χ2n) is 6.58. The first-order valence-corrected chi connectivity index (χ1v) is 9.30. The summed E-state index contributed by atoms with van der Waals surface area (Å²) in [5.74, 6) is 0.465. The Morgan fingerprint density at radius 1 is 1.14 bits per heavy atom. The number of nitrogens with one attached hydrogen (secondary N) is 2. The third-order valence-corrected chi connectivity index (χ3v) is 4.71. The number of anilines is 2. The van der Waals surface area contributed by atoms with Crippen molar-refractivity contribution in [3.05, 3.63) is 70.8 Å². The number of methoxy groups -OCH3 is 1. The van der Waals surface area contributed by atoms with Crippen LogP contribution in [-0.2, 0) is 6.54 Å². The van der Waals surface area contributed by atoms with E-state index in [0.29, 0.717) is 23.0 Å². The van der Waals surface area contributed by atoms with E-state index in [-0.39, 0.29) is 5.82 Å². The predicted molar refractivity (Wildman–Crippen MR) is 115 cm³/mol. The average molecular weight is 399 g/mol. The third-order valence-electron chi connectivity index (χ3n) is 4.50. The molecule has 0 aliphatic heterocycles. The number of ether oxygens (including phenoxy) is 1. The molecule has 3 aromatic rings. The van der Waals surface area contributed by atoms with E-state index in [2.05, 4.69) is 15.7 Å². The van der Waals surface area contributed by atoms with Crippen LogP contribution in [0.3, 0.4) is 0 Å². The summed E-state index contributed by atoms with van der Waals surface area (Å²) in [6, 6.07) is 12.5. The Labute approximate surface area is 169 Å². The van der Waals surface area contributed by atoms with E-state index in [9.17, 15) is 4.39 Å². The van der Waals surface area contributed by atoms with Crippen LogP contribution in [0.15, 0.2) is 42.5 Å². The molecule has 0 amide bonds. The molecule has 0 bridgehead atoms. The van der Waals surface area contributed by atoms with Gasteiger partial charge in [-0.25, -0.2) is 4.39 Å². The second kappa shape index (κ2) is 8.39. The summed E-state index contributed by atoms with van der Waals surface area (Å²) in [5, 5.41) is 11.3. The summed E-state index contributed by atoms with van der Waals surface area (Å²) in [7, 11) is 1.62. The molecule has 0 saturated heterocycles. The number of benzene rings is 2. The Kier molecular flexibility index (Phi) is 5.94. The van der Waals surface area contributed by atoms with E-state index in [1.807, 2.05) is 45.0 Å². The summed E-state index contributed by atoms with van der Waals surface area (Å²) in [5.41, 5.74) is 4.94. The van der Waals surface area contributed by atoms with Gasteiger partial charge in [0.25, 0.3) is 0 Å². The van der Waals surface area contributed by atoms with Gasteiger partial charge in [-0.05, 0) is 56.8 Å². The largest absolute Gasteiger partial charge is 0.495 e. The van der Waals surface area contributed by atoms with Crippen molar-refractivity contribution in [1.82, 2.24) is 9.78 Å². The van der Waals surface area contributed by atoms with Crippen molar-refractivity contribution in [1.29, 1.82) is 0 Å². The van der Waals surface area contributed by atoms with Crippen molar-refractivity contribution < 1.29 is 9.13 Å². The molecule has 0 fully saturated rings. The normalized spacial score (nSPS) is 10.6. The van der Waals surface area contributed by atoms with Crippen LogP contribution in [0, 0.1) is 26.6 Å². The zero-order valence-electron chi connectivity index (χ0n) is 16.3. The van der Waals surface area contributed by atoms with Crippen LogP contribution < -0.4 is 15.4 Å². The number of hydrogen-bond donors (Lipinski definition) is 2. The van der Waals surface area contributed by atoms with Crippen molar-refractivity contribution >= 4 is 28.7 Å². The summed E-state index contributed by atoms with van der Waals surface area (Å²) in [4.78, 5) is 0. The van der Waals surface area contributed by atoms with Crippen LogP contribution in [0.4, 0.5) is 15.8 Å². The number of aryl methyl sites for hydroxylation is 2. The lowest BCUT2D eigenvalue weighted by Gasteiger charge is -2.14. The zero-order chi connectivity index (χ0) is 20.3. The molecule has 28 heavy (non-hydrogen) atoms. The molecule has 0 unspecified atom stereocenters. The molecule has 146 valence electrons. The Hall–Kier alpha value is -2.93. The number of rotatable bonds is 5. The highest BCUT2D eigenvalue weighted by Gasteiger charge is 2.15. The van der Waals surface area contributed by atoms with Crippen molar-refractivity contribution in [2.45, 2.75) is 27.3 Å². The van der Waals surface area contributed by atoms with E-state index in [1.165, 1.54) is 6.07 Å². The highest BCUT2D eigenvalue weighted by Crippen LogP contribution is 2.26. The van der Waals surface area contributed by atoms with Gasteiger partial charge in [-0.1, -0.05) is 24.3 Å². The van der Waals surface area contributed by atoms with Gasteiger partial charge in [-0.3, -0.25) is 4.68 Å². The smallest absolute Gasteiger partial charge is 0.175 e. The van der Waals surface area contributed by atoms with E-state index in [4.69, 9.17) is 17.0 Å². The van der Waals surface area contributed by atoms with Crippen LogP contribution in [-0.4, -0.2) is 22.0 Å². The highest BCUT2D eigenvalue weighted by molar-refractivity contribution is 7.80. The highest BCUT2D eigenvalue weighted by atomic mass is 32.1. The fraction of sp³-hybridized carbons (Fsp3) is 0.238. The first kappa shape index (κ1) is 19.8. The van der Waals surface area contributed by atoms with E-state index < -0.39 is 0 Å². The first-order valence-electron chi connectivity index (χ1n) is 8.89. The van der Waals surface area contributed by atoms with Crippen molar-refractivity contribution in [2.24, 2.45) is 0 Å². The van der Waals surface area contributed by atoms with Gasteiger partial charge in [0.1, 0.15) is 11.6 Å². The number of halogens is 1. The molecule has 0 aliphatic rings. The summed E-state index contributed by atoms with van der Waals surface area (Å²) >= 11 is 5.47. The molecule has 0 radical (unpaired) electrons. The van der Waals surface area contributed by atoms with Gasteiger partial charge in [0.05, 0.1) is 36.4 Å². The van der Waals surface area contributed by atoms with Crippen LogP contribution in [0.5, 0.6) is 5.75 Å². The minimum absolute atomic E-state index is 0.242.